The van der Waals surface area contributed by atoms with Crippen molar-refractivity contribution in [3.8, 4) is 0 Å². The van der Waals surface area contributed by atoms with E-state index in [9.17, 15) is 0 Å². The van der Waals surface area contributed by atoms with Gasteiger partial charge in [0, 0.05) is 30.1 Å². The molecule has 0 atom stereocenters. The van der Waals surface area contributed by atoms with Crippen LogP contribution in [0.25, 0.3) is 0 Å². The summed E-state index contributed by atoms with van der Waals surface area (Å²) in [5.41, 5.74) is 0. The fourth-order valence-electron chi connectivity index (χ4n) is 1.90. The lowest BCUT2D eigenvalue weighted by Gasteiger charge is -2.09. The van der Waals surface area contributed by atoms with Gasteiger partial charge in [0.25, 0.3) is 0 Å². The minimum atomic E-state index is 0.649. The highest BCUT2D eigenvalue weighted by Gasteiger charge is 2.10. The highest BCUT2D eigenvalue weighted by molar-refractivity contribution is 7.11. The first-order valence-corrected chi connectivity index (χ1v) is 6.87. The van der Waals surface area contributed by atoms with Crippen molar-refractivity contribution in [2.75, 3.05) is 0 Å². The lowest BCUT2D eigenvalue weighted by molar-refractivity contribution is 0.541. The summed E-state index contributed by atoms with van der Waals surface area (Å²) in [7, 11) is 0. The van der Waals surface area contributed by atoms with Crippen molar-refractivity contribution in [3.05, 3.63) is 28.2 Å². The van der Waals surface area contributed by atoms with Gasteiger partial charge in [-0.15, -0.1) is 11.3 Å². The Morgan fingerprint density at radius 1 is 1.44 bits per heavy atom. The molecule has 2 nitrogen and oxygen atoms in total. The van der Waals surface area contributed by atoms with E-state index in [-0.39, 0.29) is 0 Å². The van der Waals surface area contributed by atoms with E-state index < -0.39 is 0 Å². The van der Waals surface area contributed by atoms with Crippen LogP contribution in [0.5, 0.6) is 0 Å². The Bertz CT molecular complexity index is 347. The maximum atomic E-state index is 4.46. The van der Waals surface area contributed by atoms with Crippen molar-refractivity contribution < 1.29 is 0 Å². The summed E-state index contributed by atoms with van der Waals surface area (Å²) in [6.45, 7) is 5.45. The molecule has 0 amide bonds. The third-order valence-corrected chi connectivity index (χ3v) is 3.78. The zero-order valence-electron chi connectivity index (χ0n) is 10.1. The molecule has 0 saturated carbocycles. The van der Waals surface area contributed by atoms with Crippen molar-refractivity contribution in [1.29, 1.82) is 0 Å². The fraction of sp³-hybridized carbons (Fsp3) is 0.615. The number of hydrogen-bond acceptors (Lipinski definition) is 3. The van der Waals surface area contributed by atoms with E-state index in [1.165, 1.54) is 22.7 Å². The normalized spacial score (nSPS) is 16.4. The molecule has 0 aromatic carbocycles. The molecule has 0 aliphatic heterocycles. The highest BCUT2D eigenvalue weighted by atomic mass is 32.1. The molecule has 1 heterocycles. The van der Waals surface area contributed by atoms with E-state index in [1.807, 2.05) is 17.5 Å². The quantitative estimate of drug-likeness (QED) is 0.794. The second-order valence-corrected chi connectivity index (χ2v) is 6.04. The Labute approximate surface area is 102 Å². The minimum Gasteiger partial charge on any atom is -0.308 e. The third-order valence-electron chi connectivity index (χ3n) is 2.76. The Morgan fingerprint density at radius 3 is 2.88 bits per heavy atom. The van der Waals surface area contributed by atoms with Gasteiger partial charge in [0.2, 0.25) is 0 Å². The van der Waals surface area contributed by atoms with Crippen LogP contribution in [0.1, 0.15) is 36.6 Å². The topological polar surface area (TPSA) is 24.9 Å². The summed E-state index contributed by atoms with van der Waals surface area (Å²) in [6.07, 6.45) is 10.0. The van der Waals surface area contributed by atoms with Crippen LogP contribution in [0.2, 0.25) is 0 Å². The maximum Gasteiger partial charge on any atom is 0.0930 e. The molecule has 1 aliphatic carbocycles. The number of rotatable bonds is 5. The summed E-state index contributed by atoms with van der Waals surface area (Å²) in [4.78, 5) is 5.83. The molecular weight excluding hydrogens is 216 g/mol. The van der Waals surface area contributed by atoms with Gasteiger partial charge in [0.05, 0.1) is 5.01 Å². The molecule has 16 heavy (non-hydrogen) atoms. The summed E-state index contributed by atoms with van der Waals surface area (Å²) in [5, 5.41) is 4.85. The predicted octanol–water partition coefficient (Wildman–Crippen LogP) is 3.15. The zero-order valence-corrected chi connectivity index (χ0v) is 10.9. The van der Waals surface area contributed by atoms with E-state index in [2.05, 4.69) is 36.3 Å². The van der Waals surface area contributed by atoms with Gasteiger partial charge in [-0.05, 0) is 18.8 Å². The van der Waals surface area contributed by atoms with E-state index in [1.54, 1.807) is 0 Å². The predicted molar refractivity (Wildman–Crippen MR) is 69.7 cm³/mol. The maximum absolute atomic E-state index is 4.46. The second-order valence-electron chi connectivity index (χ2n) is 4.84. The van der Waals surface area contributed by atoms with Gasteiger partial charge in [-0.3, -0.25) is 0 Å². The van der Waals surface area contributed by atoms with Gasteiger partial charge in [0.1, 0.15) is 0 Å². The summed E-state index contributed by atoms with van der Waals surface area (Å²) >= 11 is 1.85. The summed E-state index contributed by atoms with van der Waals surface area (Å²) in [5.74, 6) is 0.700. The first kappa shape index (κ1) is 11.8. The standard InChI is InChI=1S/C13H20N2S/c1-10(2)7-13-15-9-12(16-13)8-14-11-5-3-4-6-11/h3-4,9-11,14H,5-8H2,1-2H3. The molecule has 1 aromatic rings. The first-order valence-electron chi connectivity index (χ1n) is 6.06. The molecule has 0 spiro atoms. The lowest BCUT2D eigenvalue weighted by Crippen LogP contribution is -2.25. The number of nitrogens with zero attached hydrogens (tertiary/aromatic N) is 1. The molecular formula is C13H20N2S. The molecule has 0 radical (unpaired) electrons. The molecule has 1 aromatic heterocycles. The number of hydrogen-bond donors (Lipinski definition) is 1. The fourth-order valence-corrected chi connectivity index (χ4v) is 2.99. The van der Waals surface area contributed by atoms with Gasteiger partial charge >= 0.3 is 0 Å². The van der Waals surface area contributed by atoms with E-state index in [0.717, 1.165) is 13.0 Å². The summed E-state index contributed by atoms with van der Waals surface area (Å²) < 4.78 is 0. The molecule has 0 unspecified atom stereocenters. The second kappa shape index (κ2) is 5.60. The SMILES string of the molecule is CC(C)Cc1ncc(CNC2CC=CC2)s1. The number of nitrogens with one attached hydrogen (secondary N) is 1. The average Bonchev–Trinajstić information content (AvgIpc) is 2.84. The van der Waals surface area contributed by atoms with Crippen molar-refractivity contribution in [3.63, 3.8) is 0 Å². The molecule has 0 bridgehead atoms. The number of thiazole rings is 1. The Kier molecular flexibility index (Phi) is 4.13. The van der Waals surface area contributed by atoms with Crippen molar-refractivity contribution in [1.82, 2.24) is 10.3 Å². The molecule has 0 saturated heterocycles. The highest BCUT2D eigenvalue weighted by Crippen LogP contribution is 2.17. The van der Waals surface area contributed by atoms with Crippen LogP contribution in [0.3, 0.4) is 0 Å². The van der Waals surface area contributed by atoms with Crippen LogP contribution in [-0.4, -0.2) is 11.0 Å². The molecule has 0 fully saturated rings. The van der Waals surface area contributed by atoms with Gasteiger partial charge in [0.15, 0.2) is 0 Å². The molecule has 3 heteroatoms. The Hall–Kier alpha value is -0.670. The molecule has 2 rings (SSSR count). The molecule has 88 valence electrons. The van der Waals surface area contributed by atoms with Crippen molar-refractivity contribution in [2.24, 2.45) is 5.92 Å². The van der Waals surface area contributed by atoms with Gasteiger partial charge in [-0.25, -0.2) is 4.98 Å². The third kappa shape index (κ3) is 3.42. The zero-order chi connectivity index (χ0) is 11.4. The summed E-state index contributed by atoms with van der Waals surface area (Å²) in [6, 6.07) is 0.649. The van der Waals surface area contributed by atoms with Crippen LogP contribution in [0.4, 0.5) is 0 Å². The van der Waals surface area contributed by atoms with Crippen LogP contribution in [-0.2, 0) is 13.0 Å². The average molecular weight is 236 g/mol. The van der Waals surface area contributed by atoms with E-state index >= 15 is 0 Å². The number of aromatic nitrogens is 1. The Balaban J connectivity index is 1.78. The van der Waals surface area contributed by atoms with Crippen LogP contribution in [0.15, 0.2) is 18.3 Å². The lowest BCUT2D eigenvalue weighted by atomic mass is 10.1. The largest absolute Gasteiger partial charge is 0.308 e. The van der Waals surface area contributed by atoms with Crippen LogP contribution >= 0.6 is 11.3 Å². The molecule has 1 N–H and O–H groups in total. The van der Waals surface area contributed by atoms with Gasteiger partial charge in [-0.1, -0.05) is 26.0 Å². The molecule has 1 aliphatic rings. The van der Waals surface area contributed by atoms with E-state index in [4.69, 9.17) is 0 Å². The Morgan fingerprint density at radius 2 is 2.19 bits per heavy atom. The van der Waals surface area contributed by atoms with Gasteiger partial charge < -0.3 is 5.32 Å². The smallest absolute Gasteiger partial charge is 0.0930 e. The monoisotopic (exact) mass is 236 g/mol. The van der Waals surface area contributed by atoms with Gasteiger partial charge in [-0.2, -0.15) is 0 Å². The van der Waals surface area contributed by atoms with Crippen molar-refractivity contribution in [2.45, 2.75) is 45.7 Å². The van der Waals surface area contributed by atoms with Crippen LogP contribution in [0, 0.1) is 5.92 Å². The first-order chi connectivity index (χ1) is 7.74. The van der Waals surface area contributed by atoms with E-state index in [0.29, 0.717) is 12.0 Å². The van der Waals surface area contributed by atoms with Crippen LogP contribution < -0.4 is 5.32 Å². The minimum absolute atomic E-state index is 0.649. The van der Waals surface area contributed by atoms with Crippen molar-refractivity contribution >= 4 is 11.3 Å².